The molecule has 3 aromatic rings. The maximum Gasteiger partial charge on any atom is 0.283 e. The number of ether oxygens (including phenoxy) is 1. The number of benzene rings is 3. The molecule has 2 amide bonds. The Balaban J connectivity index is 1.79. The number of methoxy groups -OCH3 is 1. The molecule has 1 aliphatic rings. The van der Waals surface area contributed by atoms with Gasteiger partial charge in [0.2, 0.25) is 0 Å². The summed E-state index contributed by atoms with van der Waals surface area (Å²) in [7, 11) is 1.46. The summed E-state index contributed by atoms with van der Waals surface area (Å²) in [4.78, 5) is 29.0. The number of hydrogen-bond acceptors (Lipinski definition) is 5. The summed E-state index contributed by atoms with van der Waals surface area (Å²) < 4.78 is 5.36. The van der Waals surface area contributed by atoms with Crippen LogP contribution < -0.4 is 15.0 Å². The van der Waals surface area contributed by atoms with Gasteiger partial charge in [0.15, 0.2) is 0 Å². The molecule has 0 unspecified atom stereocenters. The second kappa shape index (κ2) is 9.46. The van der Waals surface area contributed by atoms with Crippen molar-refractivity contribution in [1.29, 1.82) is 0 Å². The van der Waals surface area contributed by atoms with Crippen molar-refractivity contribution in [3.8, 4) is 5.75 Å². The highest BCUT2D eigenvalue weighted by molar-refractivity contribution is 8.04. The van der Waals surface area contributed by atoms with Gasteiger partial charge >= 0.3 is 0 Å². The average Bonchev–Trinajstić information content (AvgIpc) is 3.01. The molecule has 0 radical (unpaired) electrons. The molecule has 0 saturated heterocycles. The summed E-state index contributed by atoms with van der Waals surface area (Å²) in [5, 5.41) is 4.10. The van der Waals surface area contributed by atoms with Crippen molar-refractivity contribution in [2.75, 3.05) is 17.3 Å². The van der Waals surface area contributed by atoms with Gasteiger partial charge in [-0.1, -0.05) is 64.8 Å². The van der Waals surface area contributed by atoms with Crippen molar-refractivity contribution < 1.29 is 14.3 Å². The molecule has 0 aliphatic carbocycles. The lowest BCUT2D eigenvalue weighted by molar-refractivity contribution is -0.120. The van der Waals surface area contributed by atoms with E-state index < -0.39 is 11.8 Å². The highest BCUT2D eigenvalue weighted by Gasteiger charge is 2.41. The molecule has 3 aromatic carbocycles. The summed E-state index contributed by atoms with van der Waals surface area (Å²) in [6.07, 6.45) is 0. The molecule has 5 nitrogen and oxygen atoms in total. The Bertz CT molecular complexity index is 1250. The molecule has 0 fully saturated rings. The Kier molecular flexibility index (Phi) is 6.67. The zero-order valence-corrected chi connectivity index (χ0v) is 19.6. The molecule has 4 rings (SSSR count). The van der Waals surface area contributed by atoms with Gasteiger partial charge in [0.05, 0.1) is 22.8 Å². The van der Waals surface area contributed by atoms with Crippen LogP contribution in [0.1, 0.15) is 0 Å². The van der Waals surface area contributed by atoms with Crippen LogP contribution in [0.2, 0.25) is 15.1 Å². The summed E-state index contributed by atoms with van der Waals surface area (Å²) in [5.41, 5.74) is 0.887. The first-order chi connectivity index (χ1) is 15.4. The number of carbonyl (C=O) groups excluding carboxylic acids is 2. The van der Waals surface area contributed by atoms with Crippen LogP contribution in [0.25, 0.3) is 0 Å². The van der Waals surface area contributed by atoms with E-state index >= 15 is 0 Å². The maximum atomic E-state index is 13.5. The van der Waals surface area contributed by atoms with Gasteiger partial charge in [-0.05, 0) is 48.5 Å². The van der Waals surface area contributed by atoms with Crippen molar-refractivity contribution in [3.05, 3.63) is 92.4 Å². The van der Waals surface area contributed by atoms with Crippen LogP contribution in [0.4, 0.5) is 11.4 Å². The zero-order chi connectivity index (χ0) is 22.8. The van der Waals surface area contributed by atoms with E-state index in [0.717, 1.165) is 9.80 Å². The molecule has 162 valence electrons. The number of halogens is 3. The fourth-order valence-electron chi connectivity index (χ4n) is 3.10. The lowest BCUT2D eigenvalue weighted by Gasteiger charge is -2.18. The number of thioether (sulfide) groups is 1. The third-order valence-electron chi connectivity index (χ3n) is 4.58. The topological polar surface area (TPSA) is 58.6 Å². The minimum Gasteiger partial charge on any atom is -0.495 e. The first-order valence-corrected chi connectivity index (χ1v) is 11.3. The summed E-state index contributed by atoms with van der Waals surface area (Å²) in [6.45, 7) is 0. The summed E-state index contributed by atoms with van der Waals surface area (Å²) in [6, 6.07) is 18.9. The van der Waals surface area contributed by atoms with Crippen LogP contribution in [0.5, 0.6) is 5.75 Å². The fourth-order valence-corrected chi connectivity index (χ4v) is 4.51. The van der Waals surface area contributed by atoms with E-state index in [9.17, 15) is 9.59 Å². The Morgan fingerprint density at radius 3 is 2.31 bits per heavy atom. The Labute approximate surface area is 203 Å². The van der Waals surface area contributed by atoms with Crippen LogP contribution in [0, 0.1) is 0 Å². The van der Waals surface area contributed by atoms with Crippen molar-refractivity contribution >= 4 is 69.8 Å². The first-order valence-electron chi connectivity index (χ1n) is 9.30. The number of hydrogen-bond donors (Lipinski definition) is 1. The first kappa shape index (κ1) is 22.6. The minimum atomic E-state index is -0.542. The molecular weight excluding hydrogens is 491 g/mol. The van der Waals surface area contributed by atoms with E-state index in [4.69, 9.17) is 39.5 Å². The third-order valence-corrected chi connectivity index (χ3v) is 6.64. The van der Waals surface area contributed by atoms with E-state index in [1.807, 2.05) is 30.3 Å². The molecule has 32 heavy (non-hydrogen) atoms. The number of imide groups is 1. The molecule has 0 spiro atoms. The Hall–Kier alpha value is -2.64. The SMILES string of the molecule is COc1ccc(Cl)cc1N1C(=O)C(Nc2ccc(Cl)c(Cl)c2)=C(Sc2ccccc2)C1=O. The summed E-state index contributed by atoms with van der Waals surface area (Å²) >= 11 is 19.5. The van der Waals surface area contributed by atoms with E-state index in [0.29, 0.717) is 26.5 Å². The van der Waals surface area contributed by atoms with Crippen molar-refractivity contribution in [2.45, 2.75) is 4.90 Å². The third kappa shape index (κ3) is 4.45. The van der Waals surface area contributed by atoms with Gasteiger partial charge in [0.25, 0.3) is 11.8 Å². The lowest BCUT2D eigenvalue weighted by Crippen LogP contribution is -2.32. The van der Waals surface area contributed by atoms with Crippen LogP contribution >= 0.6 is 46.6 Å². The minimum absolute atomic E-state index is 0.115. The smallest absolute Gasteiger partial charge is 0.283 e. The molecular formula is C23H15Cl3N2O3S. The fraction of sp³-hybridized carbons (Fsp3) is 0.0435. The molecule has 1 N–H and O–H groups in total. The molecule has 0 saturated carbocycles. The van der Waals surface area contributed by atoms with Gasteiger partial charge in [0, 0.05) is 15.6 Å². The Morgan fingerprint density at radius 2 is 1.62 bits per heavy atom. The van der Waals surface area contributed by atoms with Gasteiger partial charge < -0.3 is 10.1 Å². The van der Waals surface area contributed by atoms with E-state index in [1.165, 1.54) is 24.9 Å². The van der Waals surface area contributed by atoms with Gasteiger partial charge in [-0.15, -0.1) is 0 Å². The normalized spacial score (nSPS) is 13.7. The standard InChI is InChI=1S/C23H15Cl3N2O3S/c1-31-19-10-7-13(24)11-18(19)28-22(29)20(27-14-8-9-16(25)17(26)12-14)21(23(28)30)32-15-5-3-2-4-6-15/h2-12,27H,1H3. The van der Waals surface area contributed by atoms with Gasteiger partial charge in [-0.2, -0.15) is 0 Å². The highest BCUT2D eigenvalue weighted by Crippen LogP contribution is 2.41. The van der Waals surface area contributed by atoms with Gasteiger partial charge in [0.1, 0.15) is 16.4 Å². The Morgan fingerprint density at radius 1 is 0.875 bits per heavy atom. The van der Waals surface area contributed by atoms with Crippen molar-refractivity contribution in [1.82, 2.24) is 0 Å². The van der Waals surface area contributed by atoms with Crippen LogP contribution in [0.3, 0.4) is 0 Å². The van der Waals surface area contributed by atoms with Crippen molar-refractivity contribution in [2.24, 2.45) is 0 Å². The number of amides is 2. The molecule has 0 bridgehead atoms. The van der Waals surface area contributed by atoms with Gasteiger partial charge in [-0.3, -0.25) is 9.59 Å². The monoisotopic (exact) mass is 504 g/mol. The highest BCUT2D eigenvalue weighted by atomic mass is 35.5. The predicted molar refractivity (Wildman–Crippen MR) is 130 cm³/mol. The molecule has 9 heteroatoms. The second-order valence-corrected chi connectivity index (χ2v) is 8.97. The molecule has 1 heterocycles. The van der Waals surface area contributed by atoms with E-state index in [2.05, 4.69) is 5.32 Å². The average molecular weight is 506 g/mol. The molecule has 1 aliphatic heterocycles. The van der Waals surface area contributed by atoms with Crippen LogP contribution in [-0.4, -0.2) is 18.9 Å². The molecule has 0 aromatic heterocycles. The second-order valence-electron chi connectivity index (χ2n) is 6.64. The number of nitrogens with one attached hydrogen (secondary N) is 1. The maximum absolute atomic E-state index is 13.5. The largest absolute Gasteiger partial charge is 0.495 e. The van der Waals surface area contributed by atoms with Crippen LogP contribution in [-0.2, 0) is 9.59 Å². The number of nitrogens with zero attached hydrogens (tertiary/aromatic N) is 1. The van der Waals surface area contributed by atoms with E-state index in [1.54, 1.807) is 30.3 Å². The lowest BCUT2D eigenvalue weighted by atomic mass is 10.2. The van der Waals surface area contributed by atoms with Crippen LogP contribution in [0.15, 0.2) is 82.2 Å². The van der Waals surface area contributed by atoms with Crippen molar-refractivity contribution in [3.63, 3.8) is 0 Å². The number of rotatable bonds is 6. The summed E-state index contributed by atoms with van der Waals surface area (Å²) in [5.74, 6) is -0.692. The quantitative estimate of drug-likeness (QED) is 0.380. The zero-order valence-electron chi connectivity index (χ0n) is 16.6. The number of carbonyl (C=O) groups is 2. The molecule has 0 atom stereocenters. The van der Waals surface area contributed by atoms with Gasteiger partial charge in [-0.25, -0.2) is 4.90 Å². The van der Waals surface area contributed by atoms with E-state index in [-0.39, 0.29) is 16.3 Å². The predicted octanol–water partition coefficient (Wildman–Crippen LogP) is 6.64. The number of anilines is 2.